The van der Waals surface area contributed by atoms with E-state index < -0.39 is 0 Å². The Morgan fingerprint density at radius 3 is 2.30 bits per heavy atom. The third kappa shape index (κ3) is 5.55. The summed E-state index contributed by atoms with van der Waals surface area (Å²) in [7, 11) is 0. The number of carbonyl (C=O) groups is 1. The van der Waals surface area contributed by atoms with Gasteiger partial charge in [0.05, 0.1) is 0 Å². The van der Waals surface area contributed by atoms with Crippen LogP contribution >= 0.6 is 23.2 Å². The predicted octanol–water partition coefficient (Wildman–Crippen LogP) is 4.12. The van der Waals surface area contributed by atoms with E-state index in [1.807, 2.05) is 55.5 Å². The minimum Gasteiger partial charge on any atom is -0.351 e. The topological polar surface area (TPSA) is 59.8 Å². The second-order valence-corrected chi connectivity index (χ2v) is 7.31. The van der Waals surface area contributed by atoms with E-state index in [1.54, 1.807) is 0 Å². The average Bonchev–Trinajstić information content (AvgIpc) is 3.15. The molecule has 2 aromatic carbocycles. The lowest BCUT2D eigenvalue weighted by Gasteiger charge is -2.26. The van der Waals surface area contributed by atoms with Crippen LogP contribution in [0.4, 0.5) is 0 Å². The van der Waals surface area contributed by atoms with Crippen LogP contribution < -0.4 is 5.32 Å². The number of nitrogens with one attached hydrogen (secondary N) is 1. The van der Waals surface area contributed by atoms with Crippen molar-refractivity contribution in [3.05, 3.63) is 82.4 Å². The summed E-state index contributed by atoms with van der Waals surface area (Å²) >= 11 is 12.0. The number of hydrogen-bond donors (Lipinski definition) is 1. The van der Waals surface area contributed by atoms with Crippen molar-refractivity contribution >= 4 is 29.1 Å². The van der Waals surface area contributed by atoms with Crippen molar-refractivity contribution in [2.45, 2.75) is 31.8 Å². The number of halogens is 2. The molecule has 1 heterocycles. The lowest BCUT2D eigenvalue weighted by Crippen LogP contribution is -2.39. The maximum absolute atomic E-state index is 12.4. The maximum Gasteiger partial charge on any atom is 0.242 e. The van der Waals surface area contributed by atoms with Gasteiger partial charge in [0.1, 0.15) is 19.2 Å². The minimum atomic E-state index is -0.108. The van der Waals surface area contributed by atoms with E-state index in [9.17, 15) is 4.79 Å². The van der Waals surface area contributed by atoms with Gasteiger partial charge in [0.25, 0.3) is 0 Å². The number of rotatable bonds is 7. The van der Waals surface area contributed by atoms with E-state index in [-0.39, 0.29) is 24.4 Å². The molecule has 3 rings (SSSR count). The molecule has 0 aliphatic heterocycles. The molecule has 0 radical (unpaired) electrons. The van der Waals surface area contributed by atoms with Gasteiger partial charge in [-0.1, -0.05) is 47.5 Å². The lowest BCUT2D eigenvalue weighted by molar-refractivity contribution is -0.122. The number of aromatic nitrogens is 3. The Hall–Kier alpha value is -2.37. The molecule has 0 aliphatic carbocycles. The number of nitrogens with zero attached hydrogens (tertiary/aromatic N) is 3. The standard InChI is InChI=1S/C20H20Cl2N4O/c1-14(25-20(27)11-26-13-23-12-24-26)19(16-4-8-18(22)9-5-16)10-15-2-6-17(21)7-3-15/h2-9,12-14,19H,10-11H2,1H3,(H,25,27)/t14-,19+/m1/s1. The smallest absolute Gasteiger partial charge is 0.242 e. The normalized spacial score (nSPS) is 13.1. The zero-order valence-electron chi connectivity index (χ0n) is 14.8. The summed E-state index contributed by atoms with van der Waals surface area (Å²) in [5.74, 6) is -0.0220. The van der Waals surface area contributed by atoms with Crippen LogP contribution in [0.2, 0.25) is 10.0 Å². The molecule has 3 aromatic rings. The van der Waals surface area contributed by atoms with Gasteiger partial charge in [-0.25, -0.2) is 9.67 Å². The SMILES string of the molecule is C[C@@H](NC(=O)Cn1cncn1)[C@H](Cc1ccc(Cl)cc1)c1ccc(Cl)cc1. The largest absolute Gasteiger partial charge is 0.351 e. The van der Waals surface area contributed by atoms with Gasteiger partial charge >= 0.3 is 0 Å². The van der Waals surface area contributed by atoms with Crippen molar-refractivity contribution in [2.75, 3.05) is 0 Å². The Kier molecular flexibility index (Phi) is 6.48. The molecule has 2 atom stereocenters. The molecule has 1 N–H and O–H groups in total. The van der Waals surface area contributed by atoms with Gasteiger partial charge in [-0.15, -0.1) is 0 Å². The maximum atomic E-state index is 12.4. The van der Waals surface area contributed by atoms with Crippen molar-refractivity contribution in [1.29, 1.82) is 0 Å². The highest BCUT2D eigenvalue weighted by Crippen LogP contribution is 2.26. The van der Waals surface area contributed by atoms with Crippen LogP contribution in [0, 0.1) is 0 Å². The van der Waals surface area contributed by atoms with Gasteiger partial charge in [-0.3, -0.25) is 4.79 Å². The molecule has 0 aliphatic rings. The average molecular weight is 403 g/mol. The van der Waals surface area contributed by atoms with Gasteiger partial charge in [-0.05, 0) is 48.7 Å². The molecule has 5 nitrogen and oxygen atoms in total. The van der Waals surface area contributed by atoms with Crippen LogP contribution in [0.25, 0.3) is 0 Å². The third-order valence-corrected chi connectivity index (χ3v) is 4.94. The molecule has 0 unspecified atom stereocenters. The molecular weight excluding hydrogens is 383 g/mol. The summed E-state index contributed by atoms with van der Waals surface area (Å²) in [5, 5.41) is 8.44. The van der Waals surface area contributed by atoms with Gasteiger partial charge in [-0.2, -0.15) is 5.10 Å². The number of hydrogen-bond acceptors (Lipinski definition) is 3. The van der Waals surface area contributed by atoms with Crippen molar-refractivity contribution < 1.29 is 4.79 Å². The molecule has 1 aromatic heterocycles. The van der Waals surface area contributed by atoms with Crippen molar-refractivity contribution in [3.63, 3.8) is 0 Å². The van der Waals surface area contributed by atoms with E-state index >= 15 is 0 Å². The zero-order valence-corrected chi connectivity index (χ0v) is 16.4. The minimum absolute atomic E-state index is 0.0853. The first kappa shape index (κ1) is 19.4. The van der Waals surface area contributed by atoms with E-state index in [2.05, 4.69) is 15.4 Å². The van der Waals surface area contributed by atoms with Crippen LogP contribution in [-0.4, -0.2) is 26.7 Å². The predicted molar refractivity (Wildman–Crippen MR) is 107 cm³/mol. The highest BCUT2D eigenvalue weighted by molar-refractivity contribution is 6.30. The van der Waals surface area contributed by atoms with Gasteiger partial charge in [0, 0.05) is 22.0 Å². The Morgan fingerprint density at radius 1 is 1.07 bits per heavy atom. The molecule has 27 heavy (non-hydrogen) atoms. The molecule has 7 heteroatoms. The number of amides is 1. The van der Waals surface area contributed by atoms with Crippen LogP contribution in [-0.2, 0) is 17.8 Å². The fourth-order valence-corrected chi connectivity index (χ4v) is 3.28. The first-order valence-corrected chi connectivity index (χ1v) is 9.38. The monoisotopic (exact) mass is 402 g/mol. The number of carbonyl (C=O) groups excluding carboxylic acids is 1. The zero-order chi connectivity index (χ0) is 19.2. The van der Waals surface area contributed by atoms with Crippen LogP contribution in [0.1, 0.15) is 24.0 Å². The molecule has 0 bridgehead atoms. The first-order valence-electron chi connectivity index (χ1n) is 8.63. The molecule has 140 valence electrons. The summed E-state index contributed by atoms with van der Waals surface area (Å²) in [6.45, 7) is 2.15. The first-order chi connectivity index (χ1) is 13.0. The van der Waals surface area contributed by atoms with Gasteiger partial charge in [0.2, 0.25) is 5.91 Å². The van der Waals surface area contributed by atoms with E-state index in [1.165, 1.54) is 17.3 Å². The summed E-state index contributed by atoms with van der Waals surface area (Å²) in [6.07, 6.45) is 3.70. The second-order valence-electron chi connectivity index (χ2n) is 6.44. The highest BCUT2D eigenvalue weighted by atomic mass is 35.5. The van der Waals surface area contributed by atoms with Crippen LogP contribution in [0.15, 0.2) is 61.2 Å². The summed E-state index contributed by atoms with van der Waals surface area (Å²) in [4.78, 5) is 16.2. The molecule has 1 amide bonds. The lowest BCUT2D eigenvalue weighted by atomic mass is 9.86. The molecule has 0 spiro atoms. The second kappa shape index (κ2) is 9.02. The Bertz CT molecular complexity index is 864. The van der Waals surface area contributed by atoms with Crippen molar-refractivity contribution in [1.82, 2.24) is 20.1 Å². The molecular formula is C20H20Cl2N4O. The highest BCUT2D eigenvalue weighted by Gasteiger charge is 2.22. The van der Waals surface area contributed by atoms with E-state index in [0.717, 1.165) is 17.5 Å². The Labute approximate surface area is 168 Å². The van der Waals surface area contributed by atoms with Crippen molar-refractivity contribution in [3.8, 4) is 0 Å². The third-order valence-electron chi connectivity index (χ3n) is 4.43. The van der Waals surface area contributed by atoms with E-state index in [0.29, 0.717) is 10.0 Å². The Balaban J connectivity index is 1.76. The number of benzene rings is 2. The van der Waals surface area contributed by atoms with Crippen molar-refractivity contribution in [2.24, 2.45) is 0 Å². The molecule has 0 fully saturated rings. The fraction of sp³-hybridized carbons (Fsp3) is 0.250. The summed E-state index contributed by atoms with van der Waals surface area (Å²) in [5.41, 5.74) is 2.26. The summed E-state index contributed by atoms with van der Waals surface area (Å²) < 4.78 is 1.50. The quantitative estimate of drug-likeness (QED) is 0.646. The van der Waals surface area contributed by atoms with Gasteiger partial charge in [0.15, 0.2) is 0 Å². The fourth-order valence-electron chi connectivity index (χ4n) is 3.03. The molecule has 0 saturated heterocycles. The van der Waals surface area contributed by atoms with Crippen LogP contribution in [0.5, 0.6) is 0 Å². The van der Waals surface area contributed by atoms with E-state index in [4.69, 9.17) is 23.2 Å². The molecule has 0 saturated carbocycles. The Morgan fingerprint density at radius 2 is 1.70 bits per heavy atom. The van der Waals surface area contributed by atoms with Crippen LogP contribution in [0.3, 0.4) is 0 Å². The van der Waals surface area contributed by atoms with Gasteiger partial charge < -0.3 is 5.32 Å². The summed E-state index contributed by atoms with van der Waals surface area (Å²) in [6, 6.07) is 15.4.